The fourth-order valence-electron chi connectivity index (χ4n) is 2.04. The van der Waals surface area contributed by atoms with E-state index in [1.807, 2.05) is 0 Å². The van der Waals surface area contributed by atoms with Gasteiger partial charge < -0.3 is 9.84 Å². The highest BCUT2D eigenvalue weighted by atomic mass is 19.4. The lowest BCUT2D eigenvalue weighted by atomic mass is 9.96. The molecule has 0 aliphatic heterocycles. The van der Waals surface area contributed by atoms with Gasteiger partial charge in [0.25, 0.3) is 0 Å². The standard InChI is InChI=1S/C15H10F6O2/c16-14(17,18)10-6-5-9(8-22)12(7-10)11-3-1-2-4-13(11)23-15(19,20)21/h1-7,22H,8H2. The number of rotatable bonds is 3. The molecule has 0 bridgehead atoms. The molecule has 0 spiro atoms. The molecular weight excluding hydrogens is 326 g/mol. The lowest BCUT2D eigenvalue weighted by Crippen LogP contribution is -2.17. The summed E-state index contributed by atoms with van der Waals surface area (Å²) in [6.07, 6.45) is -9.65. The van der Waals surface area contributed by atoms with E-state index in [0.717, 1.165) is 18.2 Å². The van der Waals surface area contributed by atoms with E-state index < -0.39 is 30.5 Å². The van der Waals surface area contributed by atoms with Crippen LogP contribution in [0.15, 0.2) is 42.5 Å². The van der Waals surface area contributed by atoms with Gasteiger partial charge in [-0.15, -0.1) is 13.2 Å². The summed E-state index contributed by atoms with van der Waals surface area (Å²) >= 11 is 0. The van der Waals surface area contributed by atoms with Crippen LogP contribution in [0.25, 0.3) is 11.1 Å². The van der Waals surface area contributed by atoms with Gasteiger partial charge in [-0.2, -0.15) is 13.2 Å². The maximum atomic E-state index is 12.8. The highest BCUT2D eigenvalue weighted by Crippen LogP contribution is 2.39. The first kappa shape index (κ1) is 17.1. The van der Waals surface area contributed by atoms with E-state index in [1.165, 1.54) is 18.2 Å². The molecule has 2 aromatic rings. The normalized spacial score (nSPS) is 12.3. The van der Waals surface area contributed by atoms with E-state index in [-0.39, 0.29) is 16.7 Å². The summed E-state index contributed by atoms with van der Waals surface area (Å²) in [5.74, 6) is -0.644. The Morgan fingerprint density at radius 3 is 2.09 bits per heavy atom. The zero-order valence-corrected chi connectivity index (χ0v) is 11.4. The van der Waals surface area contributed by atoms with Crippen LogP contribution in [-0.4, -0.2) is 11.5 Å². The van der Waals surface area contributed by atoms with Gasteiger partial charge in [-0.05, 0) is 29.3 Å². The second-order valence-electron chi connectivity index (χ2n) is 4.57. The first-order valence-electron chi connectivity index (χ1n) is 6.28. The smallest absolute Gasteiger partial charge is 0.405 e. The Kier molecular flexibility index (Phi) is 4.56. The van der Waals surface area contributed by atoms with Crippen molar-refractivity contribution in [2.24, 2.45) is 0 Å². The second kappa shape index (κ2) is 6.11. The van der Waals surface area contributed by atoms with E-state index in [9.17, 15) is 31.4 Å². The number of alkyl halides is 6. The van der Waals surface area contributed by atoms with Crippen LogP contribution in [0.4, 0.5) is 26.3 Å². The number of para-hydroxylation sites is 1. The zero-order valence-electron chi connectivity index (χ0n) is 11.4. The fourth-order valence-corrected chi connectivity index (χ4v) is 2.04. The highest BCUT2D eigenvalue weighted by molar-refractivity contribution is 5.74. The summed E-state index contributed by atoms with van der Waals surface area (Å²) in [5, 5.41) is 9.25. The maximum Gasteiger partial charge on any atom is 0.573 e. The van der Waals surface area contributed by atoms with Crippen molar-refractivity contribution in [2.75, 3.05) is 0 Å². The summed E-state index contributed by atoms with van der Waals surface area (Å²) in [6, 6.07) is 7.26. The summed E-state index contributed by atoms with van der Waals surface area (Å²) in [6.45, 7) is -0.631. The lowest BCUT2D eigenvalue weighted by molar-refractivity contribution is -0.274. The number of benzene rings is 2. The molecule has 2 rings (SSSR count). The molecule has 0 aliphatic carbocycles. The molecule has 0 fully saturated rings. The summed E-state index contributed by atoms with van der Waals surface area (Å²) in [7, 11) is 0. The Labute approximate surface area is 126 Å². The SMILES string of the molecule is OCc1ccc(C(F)(F)F)cc1-c1ccccc1OC(F)(F)F. The van der Waals surface area contributed by atoms with Crippen molar-refractivity contribution in [3.05, 3.63) is 53.6 Å². The van der Waals surface area contributed by atoms with Gasteiger partial charge in [0.05, 0.1) is 12.2 Å². The Morgan fingerprint density at radius 1 is 0.870 bits per heavy atom. The van der Waals surface area contributed by atoms with Gasteiger partial charge in [-0.1, -0.05) is 24.3 Å². The van der Waals surface area contributed by atoms with Crippen LogP contribution in [0.1, 0.15) is 11.1 Å². The molecule has 0 saturated heterocycles. The largest absolute Gasteiger partial charge is 0.573 e. The molecule has 0 aliphatic rings. The fraction of sp³-hybridized carbons (Fsp3) is 0.200. The van der Waals surface area contributed by atoms with Crippen molar-refractivity contribution in [3.8, 4) is 16.9 Å². The Morgan fingerprint density at radius 2 is 1.52 bits per heavy atom. The first-order chi connectivity index (χ1) is 10.6. The van der Waals surface area contributed by atoms with Crippen LogP contribution in [0.5, 0.6) is 5.75 Å². The number of halogens is 6. The van der Waals surface area contributed by atoms with Gasteiger partial charge in [0.15, 0.2) is 0 Å². The van der Waals surface area contributed by atoms with Crippen molar-refractivity contribution in [2.45, 2.75) is 19.1 Å². The van der Waals surface area contributed by atoms with E-state index >= 15 is 0 Å². The Bertz CT molecular complexity index is 691. The summed E-state index contributed by atoms with van der Waals surface area (Å²) < 4.78 is 79.6. The van der Waals surface area contributed by atoms with Crippen LogP contribution in [0.2, 0.25) is 0 Å². The lowest BCUT2D eigenvalue weighted by Gasteiger charge is -2.17. The predicted octanol–water partition coefficient (Wildman–Crippen LogP) is 4.76. The minimum Gasteiger partial charge on any atom is -0.405 e. The molecule has 2 aromatic carbocycles. The number of aliphatic hydroxyl groups is 1. The van der Waals surface area contributed by atoms with Gasteiger partial charge >= 0.3 is 12.5 Å². The van der Waals surface area contributed by atoms with Crippen molar-refractivity contribution in [1.29, 1.82) is 0 Å². The van der Waals surface area contributed by atoms with Crippen LogP contribution in [-0.2, 0) is 12.8 Å². The molecule has 0 aromatic heterocycles. The van der Waals surface area contributed by atoms with E-state index in [0.29, 0.717) is 6.07 Å². The summed E-state index contributed by atoms with van der Waals surface area (Å²) in [5.41, 5.74) is -1.36. The van der Waals surface area contributed by atoms with Gasteiger partial charge in [0.1, 0.15) is 5.75 Å². The Hall–Kier alpha value is -2.22. The number of aliphatic hydroxyl groups excluding tert-OH is 1. The van der Waals surface area contributed by atoms with E-state index in [1.54, 1.807) is 0 Å². The van der Waals surface area contributed by atoms with Crippen LogP contribution in [0.3, 0.4) is 0 Å². The van der Waals surface area contributed by atoms with Gasteiger partial charge in [-0.3, -0.25) is 0 Å². The molecule has 1 N–H and O–H groups in total. The average Bonchev–Trinajstić information content (AvgIpc) is 2.44. The zero-order chi connectivity index (χ0) is 17.3. The highest BCUT2D eigenvalue weighted by Gasteiger charge is 2.34. The Balaban J connectivity index is 2.61. The first-order valence-corrected chi connectivity index (χ1v) is 6.28. The topological polar surface area (TPSA) is 29.5 Å². The quantitative estimate of drug-likeness (QED) is 0.819. The minimum absolute atomic E-state index is 0.0521. The maximum absolute atomic E-state index is 12.8. The summed E-state index contributed by atoms with van der Waals surface area (Å²) in [4.78, 5) is 0. The van der Waals surface area contributed by atoms with Crippen LogP contribution < -0.4 is 4.74 Å². The third-order valence-corrected chi connectivity index (χ3v) is 3.01. The van der Waals surface area contributed by atoms with E-state index in [4.69, 9.17) is 0 Å². The van der Waals surface area contributed by atoms with Crippen LogP contribution >= 0.6 is 0 Å². The van der Waals surface area contributed by atoms with Gasteiger partial charge in [-0.25, -0.2) is 0 Å². The predicted molar refractivity (Wildman–Crippen MR) is 69.5 cm³/mol. The van der Waals surface area contributed by atoms with Crippen LogP contribution in [0, 0.1) is 0 Å². The molecule has 2 nitrogen and oxygen atoms in total. The third kappa shape index (κ3) is 4.16. The van der Waals surface area contributed by atoms with Gasteiger partial charge in [0.2, 0.25) is 0 Å². The van der Waals surface area contributed by atoms with Crippen molar-refractivity contribution in [1.82, 2.24) is 0 Å². The third-order valence-electron chi connectivity index (χ3n) is 3.01. The average molecular weight is 336 g/mol. The van der Waals surface area contributed by atoms with Crippen molar-refractivity contribution >= 4 is 0 Å². The molecular formula is C15H10F6O2. The minimum atomic E-state index is -4.99. The number of hydrogen-bond acceptors (Lipinski definition) is 2. The number of ether oxygens (including phenoxy) is 1. The molecule has 0 atom stereocenters. The molecule has 8 heteroatoms. The molecule has 23 heavy (non-hydrogen) atoms. The molecule has 0 radical (unpaired) electrons. The second-order valence-corrected chi connectivity index (χ2v) is 4.57. The molecule has 0 unspecified atom stereocenters. The van der Waals surface area contributed by atoms with E-state index in [2.05, 4.69) is 4.74 Å². The number of hydrogen-bond donors (Lipinski definition) is 1. The molecule has 0 saturated carbocycles. The van der Waals surface area contributed by atoms with Crippen molar-refractivity contribution in [3.63, 3.8) is 0 Å². The monoisotopic (exact) mass is 336 g/mol. The molecule has 0 amide bonds. The van der Waals surface area contributed by atoms with Gasteiger partial charge in [0, 0.05) is 5.56 Å². The van der Waals surface area contributed by atoms with Crippen molar-refractivity contribution < 1.29 is 36.2 Å². The molecule has 124 valence electrons. The molecule has 0 heterocycles.